The SMILES string of the molecule is Cc1cc(C#N)ccc1C(O)C(O)CCS. The molecule has 0 aliphatic heterocycles. The Morgan fingerprint density at radius 3 is 2.62 bits per heavy atom. The van der Waals surface area contributed by atoms with Crippen LogP contribution in [0.2, 0.25) is 0 Å². The highest BCUT2D eigenvalue weighted by Gasteiger charge is 2.19. The van der Waals surface area contributed by atoms with Crippen molar-refractivity contribution >= 4 is 12.6 Å². The molecule has 1 aromatic rings. The van der Waals surface area contributed by atoms with Gasteiger partial charge in [-0.1, -0.05) is 6.07 Å². The summed E-state index contributed by atoms with van der Waals surface area (Å²) in [5.41, 5.74) is 2.02. The quantitative estimate of drug-likeness (QED) is 0.697. The van der Waals surface area contributed by atoms with Gasteiger partial charge in [0.15, 0.2) is 0 Å². The fourth-order valence-electron chi connectivity index (χ4n) is 1.57. The van der Waals surface area contributed by atoms with Crippen molar-refractivity contribution in [3.63, 3.8) is 0 Å². The van der Waals surface area contributed by atoms with Gasteiger partial charge in [0, 0.05) is 0 Å². The molecule has 86 valence electrons. The lowest BCUT2D eigenvalue weighted by molar-refractivity contribution is 0.0169. The smallest absolute Gasteiger partial charge is 0.105 e. The minimum Gasteiger partial charge on any atom is -0.390 e. The first-order chi connectivity index (χ1) is 7.60. The molecular weight excluding hydrogens is 222 g/mol. The Bertz CT molecular complexity index is 400. The molecule has 0 radical (unpaired) electrons. The second-order valence-corrected chi connectivity index (χ2v) is 4.15. The van der Waals surface area contributed by atoms with E-state index >= 15 is 0 Å². The second-order valence-electron chi connectivity index (χ2n) is 3.71. The summed E-state index contributed by atoms with van der Waals surface area (Å²) in [4.78, 5) is 0. The maximum Gasteiger partial charge on any atom is 0.105 e. The van der Waals surface area contributed by atoms with Gasteiger partial charge in [0.25, 0.3) is 0 Å². The van der Waals surface area contributed by atoms with Crippen LogP contribution in [-0.2, 0) is 0 Å². The maximum atomic E-state index is 9.90. The summed E-state index contributed by atoms with van der Waals surface area (Å²) in [6, 6.07) is 7.05. The summed E-state index contributed by atoms with van der Waals surface area (Å²) < 4.78 is 0. The summed E-state index contributed by atoms with van der Waals surface area (Å²) in [6.45, 7) is 1.81. The molecule has 1 aromatic carbocycles. The number of benzene rings is 1. The van der Waals surface area contributed by atoms with Crippen molar-refractivity contribution in [2.45, 2.75) is 25.6 Å². The van der Waals surface area contributed by atoms with Gasteiger partial charge in [-0.15, -0.1) is 0 Å². The number of aryl methyl sites for hydroxylation is 1. The van der Waals surface area contributed by atoms with Crippen LogP contribution >= 0.6 is 12.6 Å². The van der Waals surface area contributed by atoms with Crippen molar-refractivity contribution in [2.24, 2.45) is 0 Å². The molecule has 0 saturated heterocycles. The highest BCUT2D eigenvalue weighted by Crippen LogP contribution is 2.23. The van der Waals surface area contributed by atoms with Crippen LogP contribution in [0.3, 0.4) is 0 Å². The molecule has 2 N–H and O–H groups in total. The monoisotopic (exact) mass is 237 g/mol. The van der Waals surface area contributed by atoms with E-state index < -0.39 is 12.2 Å². The van der Waals surface area contributed by atoms with Gasteiger partial charge in [-0.25, -0.2) is 0 Å². The second kappa shape index (κ2) is 5.90. The predicted octanol–water partition coefficient (Wildman–Crippen LogP) is 1.58. The van der Waals surface area contributed by atoms with Crippen LogP contribution < -0.4 is 0 Å². The van der Waals surface area contributed by atoms with Gasteiger partial charge in [-0.05, 0) is 42.4 Å². The molecular formula is C12H15NO2S. The molecule has 0 spiro atoms. The van der Waals surface area contributed by atoms with Crippen molar-refractivity contribution in [1.29, 1.82) is 5.26 Å². The number of aliphatic hydroxyl groups is 2. The van der Waals surface area contributed by atoms with E-state index in [0.29, 0.717) is 23.3 Å². The molecule has 2 atom stereocenters. The molecule has 0 fully saturated rings. The van der Waals surface area contributed by atoms with Crippen LogP contribution in [0.25, 0.3) is 0 Å². The maximum absolute atomic E-state index is 9.90. The van der Waals surface area contributed by atoms with E-state index in [1.165, 1.54) is 0 Å². The molecule has 0 aliphatic carbocycles. The first-order valence-electron chi connectivity index (χ1n) is 5.07. The fourth-order valence-corrected chi connectivity index (χ4v) is 1.84. The van der Waals surface area contributed by atoms with E-state index in [2.05, 4.69) is 12.6 Å². The molecule has 0 heterocycles. The van der Waals surface area contributed by atoms with Gasteiger partial charge in [0.1, 0.15) is 6.10 Å². The average molecular weight is 237 g/mol. The lowest BCUT2D eigenvalue weighted by atomic mass is 9.97. The van der Waals surface area contributed by atoms with E-state index in [9.17, 15) is 10.2 Å². The summed E-state index contributed by atoms with van der Waals surface area (Å²) in [5, 5.41) is 28.3. The van der Waals surface area contributed by atoms with E-state index in [4.69, 9.17) is 5.26 Å². The molecule has 3 nitrogen and oxygen atoms in total. The summed E-state index contributed by atoms with van der Waals surface area (Å²) in [7, 11) is 0. The van der Waals surface area contributed by atoms with Gasteiger partial charge in [-0.3, -0.25) is 0 Å². The predicted molar refractivity (Wildman–Crippen MR) is 65.3 cm³/mol. The standard InChI is InChI=1S/C12H15NO2S/c1-8-6-9(7-13)2-3-10(8)12(15)11(14)4-5-16/h2-3,6,11-12,14-16H,4-5H2,1H3. The topological polar surface area (TPSA) is 64.2 Å². The molecule has 1 rings (SSSR count). The third-order valence-electron chi connectivity index (χ3n) is 2.51. The molecule has 0 bridgehead atoms. The lowest BCUT2D eigenvalue weighted by Gasteiger charge is -2.19. The largest absolute Gasteiger partial charge is 0.390 e. The molecule has 16 heavy (non-hydrogen) atoms. The van der Waals surface area contributed by atoms with Crippen LogP contribution in [0.15, 0.2) is 18.2 Å². The Hall–Kier alpha value is -1.02. The van der Waals surface area contributed by atoms with Gasteiger partial charge in [-0.2, -0.15) is 17.9 Å². The normalized spacial score (nSPS) is 14.2. The van der Waals surface area contributed by atoms with Crippen LogP contribution in [0.4, 0.5) is 0 Å². The Labute approximate surface area is 101 Å². The first-order valence-corrected chi connectivity index (χ1v) is 5.71. The first kappa shape index (κ1) is 13.0. The van der Waals surface area contributed by atoms with E-state index in [1.807, 2.05) is 13.0 Å². The summed E-state index contributed by atoms with van der Waals surface area (Å²) in [6.07, 6.45) is -1.30. The zero-order chi connectivity index (χ0) is 12.1. The molecule has 0 amide bonds. The molecule has 0 saturated carbocycles. The number of hydrogen-bond donors (Lipinski definition) is 3. The molecule has 0 aliphatic rings. The Balaban J connectivity index is 2.92. The van der Waals surface area contributed by atoms with Crippen molar-refractivity contribution in [1.82, 2.24) is 0 Å². The van der Waals surface area contributed by atoms with Gasteiger partial charge in [0.2, 0.25) is 0 Å². The highest BCUT2D eigenvalue weighted by molar-refractivity contribution is 7.80. The highest BCUT2D eigenvalue weighted by atomic mass is 32.1. The zero-order valence-corrected chi connectivity index (χ0v) is 9.98. The summed E-state index contributed by atoms with van der Waals surface area (Å²) >= 11 is 4.01. The van der Waals surface area contributed by atoms with E-state index in [0.717, 1.165) is 5.56 Å². The summed E-state index contributed by atoms with van der Waals surface area (Å²) in [5.74, 6) is 0.521. The van der Waals surface area contributed by atoms with E-state index in [1.54, 1.807) is 18.2 Å². The fraction of sp³-hybridized carbons (Fsp3) is 0.417. The number of hydrogen-bond acceptors (Lipinski definition) is 4. The zero-order valence-electron chi connectivity index (χ0n) is 9.09. The third kappa shape index (κ3) is 2.99. The number of rotatable bonds is 4. The van der Waals surface area contributed by atoms with Crippen molar-refractivity contribution < 1.29 is 10.2 Å². The Morgan fingerprint density at radius 2 is 2.12 bits per heavy atom. The number of aliphatic hydroxyl groups excluding tert-OH is 2. The van der Waals surface area contributed by atoms with Gasteiger partial charge >= 0.3 is 0 Å². The Morgan fingerprint density at radius 1 is 1.44 bits per heavy atom. The number of thiol groups is 1. The minimum absolute atomic E-state index is 0.434. The number of nitriles is 1. The van der Waals surface area contributed by atoms with Crippen LogP contribution in [0.1, 0.15) is 29.2 Å². The van der Waals surface area contributed by atoms with Crippen molar-refractivity contribution in [2.75, 3.05) is 5.75 Å². The van der Waals surface area contributed by atoms with Crippen LogP contribution in [0, 0.1) is 18.3 Å². The molecule has 2 unspecified atom stereocenters. The van der Waals surface area contributed by atoms with Crippen LogP contribution in [-0.4, -0.2) is 22.1 Å². The Kier molecular flexibility index (Phi) is 4.81. The van der Waals surface area contributed by atoms with Gasteiger partial charge < -0.3 is 10.2 Å². The molecule has 0 aromatic heterocycles. The molecule has 4 heteroatoms. The number of nitrogens with zero attached hydrogens (tertiary/aromatic N) is 1. The minimum atomic E-state index is -0.917. The lowest BCUT2D eigenvalue weighted by Crippen LogP contribution is -2.19. The van der Waals surface area contributed by atoms with Crippen molar-refractivity contribution in [3.05, 3.63) is 34.9 Å². The average Bonchev–Trinajstić information content (AvgIpc) is 2.28. The van der Waals surface area contributed by atoms with Gasteiger partial charge in [0.05, 0.1) is 17.7 Å². The van der Waals surface area contributed by atoms with E-state index in [-0.39, 0.29) is 0 Å². The third-order valence-corrected chi connectivity index (χ3v) is 2.77. The van der Waals surface area contributed by atoms with Crippen LogP contribution in [0.5, 0.6) is 0 Å². The van der Waals surface area contributed by atoms with Crippen molar-refractivity contribution in [3.8, 4) is 6.07 Å².